The molecule has 1 heteroatoms. The highest BCUT2D eigenvalue weighted by molar-refractivity contribution is 5.43. The molecule has 0 saturated heterocycles. The van der Waals surface area contributed by atoms with Crippen LogP contribution < -0.4 is 5.32 Å². The predicted octanol–water partition coefficient (Wildman–Crippen LogP) is 3.01. The molecule has 0 radical (unpaired) electrons. The second-order valence-electron chi connectivity index (χ2n) is 3.19. The minimum atomic E-state index is 0.844. The Labute approximate surface area is 87.2 Å². The van der Waals surface area contributed by atoms with Crippen LogP contribution in [0.2, 0.25) is 0 Å². The molecule has 0 unspecified atom stereocenters. The Balaban J connectivity index is 4.13. The van der Waals surface area contributed by atoms with E-state index in [-0.39, 0.29) is 0 Å². The van der Waals surface area contributed by atoms with Gasteiger partial charge in [0.1, 0.15) is 0 Å². The molecule has 0 aromatic carbocycles. The molecule has 76 valence electrons. The first-order valence-electron chi connectivity index (χ1n) is 4.61. The third-order valence-corrected chi connectivity index (χ3v) is 1.62. The highest BCUT2D eigenvalue weighted by Gasteiger charge is 1.90. The maximum Gasteiger partial charge on any atom is 0.0135 e. The van der Waals surface area contributed by atoms with Crippen molar-refractivity contribution in [3.05, 3.63) is 60.8 Å². The fourth-order valence-electron chi connectivity index (χ4n) is 0.776. The summed E-state index contributed by atoms with van der Waals surface area (Å²) in [5, 5.41) is 3.02. The first-order valence-corrected chi connectivity index (χ1v) is 4.61. The number of hydrogen-bond acceptors (Lipinski definition) is 1. The molecule has 0 fully saturated rings. The number of rotatable bonds is 6. The number of hydrogen-bond donors (Lipinski definition) is 1. The van der Waals surface area contributed by atoms with Gasteiger partial charge in [-0.05, 0) is 25.1 Å². The molecular weight excluding hydrogens is 170 g/mol. The monoisotopic (exact) mass is 189 g/mol. The van der Waals surface area contributed by atoms with Crippen molar-refractivity contribution in [1.82, 2.24) is 5.32 Å². The minimum Gasteiger partial charge on any atom is -0.316 e. The van der Waals surface area contributed by atoms with Crippen molar-refractivity contribution in [2.24, 2.45) is 0 Å². The fourth-order valence-corrected chi connectivity index (χ4v) is 0.776. The summed E-state index contributed by atoms with van der Waals surface area (Å²) in [7, 11) is 1.91. The van der Waals surface area contributed by atoms with Crippen molar-refractivity contribution in [1.29, 1.82) is 0 Å². The van der Waals surface area contributed by atoms with Gasteiger partial charge in [-0.3, -0.25) is 0 Å². The second kappa shape index (κ2) is 7.10. The molecule has 0 aromatic rings. The quantitative estimate of drug-likeness (QED) is 0.633. The van der Waals surface area contributed by atoms with Crippen LogP contribution in [0.25, 0.3) is 0 Å². The van der Waals surface area contributed by atoms with E-state index in [9.17, 15) is 0 Å². The summed E-state index contributed by atoms with van der Waals surface area (Å²) >= 11 is 0. The molecule has 0 saturated carbocycles. The van der Waals surface area contributed by atoms with Gasteiger partial charge in [0, 0.05) is 6.54 Å². The maximum absolute atomic E-state index is 3.91. The molecule has 0 bridgehead atoms. The van der Waals surface area contributed by atoms with E-state index < -0.39 is 0 Å². The molecule has 0 aliphatic rings. The third kappa shape index (κ3) is 6.21. The van der Waals surface area contributed by atoms with E-state index in [1.54, 1.807) is 0 Å². The van der Waals surface area contributed by atoms with Crippen LogP contribution in [0.3, 0.4) is 0 Å². The molecule has 0 heterocycles. The fraction of sp³-hybridized carbons (Fsp3) is 0.231. The van der Waals surface area contributed by atoms with Gasteiger partial charge >= 0.3 is 0 Å². The summed E-state index contributed by atoms with van der Waals surface area (Å²) in [6.07, 6.45) is 7.83. The Morgan fingerprint density at radius 3 is 2.14 bits per heavy atom. The molecule has 0 aliphatic heterocycles. The van der Waals surface area contributed by atoms with Crippen molar-refractivity contribution in [3.63, 3.8) is 0 Å². The van der Waals surface area contributed by atoms with Gasteiger partial charge in [0.25, 0.3) is 0 Å². The number of allylic oxidation sites excluding steroid dienone is 6. The van der Waals surface area contributed by atoms with Crippen molar-refractivity contribution in [2.75, 3.05) is 13.6 Å². The van der Waals surface area contributed by atoms with Gasteiger partial charge < -0.3 is 5.32 Å². The van der Waals surface area contributed by atoms with Crippen molar-refractivity contribution < 1.29 is 0 Å². The second-order valence-corrected chi connectivity index (χ2v) is 3.19. The molecule has 0 aliphatic carbocycles. The lowest BCUT2D eigenvalue weighted by Crippen LogP contribution is -2.03. The maximum atomic E-state index is 3.91. The average molecular weight is 189 g/mol. The van der Waals surface area contributed by atoms with Gasteiger partial charge in [0.15, 0.2) is 0 Å². The Morgan fingerprint density at radius 2 is 1.64 bits per heavy atom. The summed E-state index contributed by atoms with van der Waals surface area (Å²) in [5.41, 5.74) is 2.86. The van der Waals surface area contributed by atoms with Gasteiger partial charge in [-0.1, -0.05) is 49.6 Å². The number of likely N-dealkylation sites (N-methyl/N-ethyl adjacent to an activating group) is 1. The van der Waals surface area contributed by atoms with E-state index in [0.717, 1.165) is 23.3 Å². The van der Waals surface area contributed by atoms with Crippen LogP contribution in [-0.4, -0.2) is 13.6 Å². The molecule has 0 amide bonds. The first kappa shape index (κ1) is 12.7. The van der Waals surface area contributed by atoms with Crippen LogP contribution in [-0.2, 0) is 0 Å². The van der Waals surface area contributed by atoms with Gasteiger partial charge in [-0.2, -0.15) is 0 Å². The zero-order valence-corrected chi connectivity index (χ0v) is 9.14. The van der Waals surface area contributed by atoms with E-state index in [1.807, 2.05) is 38.3 Å². The molecule has 0 rings (SSSR count). The van der Waals surface area contributed by atoms with Crippen LogP contribution >= 0.6 is 0 Å². The largest absolute Gasteiger partial charge is 0.316 e. The molecule has 0 atom stereocenters. The topological polar surface area (TPSA) is 12.0 Å². The summed E-state index contributed by atoms with van der Waals surface area (Å²) in [5.74, 6) is 0. The van der Waals surface area contributed by atoms with Crippen molar-refractivity contribution in [2.45, 2.75) is 6.92 Å². The van der Waals surface area contributed by atoms with Gasteiger partial charge in [0.2, 0.25) is 0 Å². The van der Waals surface area contributed by atoms with Crippen molar-refractivity contribution in [3.8, 4) is 0 Å². The Hall–Kier alpha value is -1.34. The lowest BCUT2D eigenvalue weighted by atomic mass is 10.1. The Bertz CT molecular complexity index is 280. The van der Waals surface area contributed by atoms with Crippen LogP contribution in [0, 0.1) is 0 Å². The highest BCUT2D eigenvalue weighted by Crippen LogP contribution is 2.09. The van der Waals surface area contributed by atoms with E-state index >= 15 is 0 Å². The SMILES string of the molecule is C=C(C)/C=C\C(=C)C(=C)/C=C\CNC. The summed E-state index contributed by atoms with van der Waals surface area (Å²) in [4.78, 5) is 0. The summed E-state index contributed by atoms with van der Waals surface area (Å²) in [6, 6.07) is 0. The van der Waals surface area contributed by atoms with E-state index in [2.05, 4.69) is 25.1 Å². The van der Waals surface area contributed by atoms with E-state index in [1.165, 1.54) is 0 Å². The molecular formula is C13H19N. The number of nitrogens with one attached hydrogen (secondary N) is 1. The highest BCUT2D eigenvalue weighted by atomic mass is 14.8. The summed E-state index contributed by atoms with van der Waals surface area (Å²) in [6.45, 7) is 14.4. The van der Waals surface area contributed by atoms with Gasteiger partial charge in [0.05, 0.1) is 0 Å². The molecule has 14 heavy (non-hydrogen) atoms. The molecule has 1 nitrogen and oxygen atoms in total. The average Bonchev–Trinajstić information content (AvgIpc) is 2.14. The standard InChI is InChI=1S/C13H19N/c1-11(2)8-9-13(4)12(3)7-6-10-14-5/h6-9,14H,1,3-4,10H2,2,5H3/b7-6-,9-8-. The zero-order chi connectivity index (χ0) is 11.0. The normalized spacial score (nSPS) is 11.0. The molecule has 0 spiro atoms. The van der Waals surface area contributed by atoms with Crippen LogP contribution in [0.1, 0.15) is 6.92 Å². The van der Waals surface area contributed by atoms with Crippen LogP contribution in [0.5, 0.6) is 0 Å². The third-order valence-electron chi connectivity index (χ3n) is 1.62. The van der Waals surface area contributed by atoms with Crippen LogP contribution in [0.15, 0.2) is 60.8 Å². The smallest absolute Gasteiger partial charge is 0.0135 e. The minimum absolute atomic E-state index is 0.844. The summed E-state index contributed by atoms with van der Waals surface area (Å²) < 4.78 is 0. The van der Waals surface area contributed by atoms with Gasteiger partial charge in [-0.25, -0.2) is 0 Å². The lowest BCUT2D eigenvalue weighted by Gasteiger charge is -1.98. The lowest BCUT2D eigenvalue weighted by molar-refractivity contribution is 0.919. The Kier molecular flexibility index (Phi) is 6.42. The van der Waals surface area contributed by atoms with E-state index in [0.29, 0.717) is 0 Å². The van der Waals surface area contributed by atoms with Crippen molar-refractivity contribution >= 4 is 0 Å². The first-order chi connectivity index (χ1) is 6.57. The molecule has 0 aromatic heterocycles. The zero-order valence-electron chi connectivity index (χ0n) is 9.14. The molecule has 1 N–H and O–H groups in total. The Morgan fingerprint density at radius 1 is 1.07 bits per heavy atom. The van der Waals surface area contributed by atoms with E-state index in [4.69, 9.17) is 0 Å². The predicted molar refractivity (Wildman–Crippen MR) is 65.3 cm³/mol. The van der Waals surface area contributed by atoms with Gasteiger partial charge in [-0.15, -0.1) is 0 Å². The van der Waals surface area contributed by atoms with Crippen LogP contribution in [0.4, 0.5) is 0 Å².